The van der Waals surface area contributed by atoms with E-state index in [1.165, 1.54) is 18.7 Å². The van der Waals surface area contributed by atoms with Crippen molar-refractivity contribution in [3.8, 4) is 5.69 Å². The minimum atomic E-state index is -4.65. The Morgan fingerprint density at radius 1 is 0.971 bits per heavy atom. The van der Waals surface area contributed by atoms with Gasteiger partial charge in [0.25, 0.3) is 0 Å². The van der Waals surface area contributed by atoms with E-state index in [0.29, 0.717) is 22.5 Å². The normalized spacial score (nSPS) is 11.3. The Morgan fingerprint density at radius 2 is 1.66 bits per heavy atom. The molecule has 5 N–H and O–H groups in total. The van der Waals surface area contributed by atoms with E-state index in [4.69, 9.17) is 17.3 Å². The van der Waals surface area contributed by atoms with Crippen LogP contribution in [0.1, 0.15) is 5.56 Å². The number of benzene rings is 2. The zero-order chi connectivity index (χ0) is 25.2. The first-order valence-corrected chi connectivity index (χ1v) is 10.3. The molecule has 0 unspecified atom stereocenters. The van der Waals surface area contributed by atoms with Crippen LogP contribution in [0.25, 0.3) is 16.9 Å². The van der Waals surface area contributed by atoms with Crippen molar-refractivity contribution >= 4 is 51.9 Å². The number of nitrogens with two attached hydrogens (primary N) is 1. The fourth-order valence-electron chi connectivity index (χ4n) is 3.12. The third-order valence-electron chi connectivity index (χ3n) is 4.71. The van der Waals surface area contributed by atoms with Crippen LogP contribution in [0, 0.1) is 0 Å². The molecule has 0 fully saturated rings. The number of amides is 3. The number of halogens is 4. The Kier molecular flexibility index (Phi) is 6.53. The Balaban J connectivity index is 1.48. The van der Waals surface area contributed by atoms with Gasteiger partial charge in [-0.25, -0.2) is 19.7 Å². The largest absolute Gasteiger partial charge is 0.417 e. The maximum Gasteiger partial charge on any atom is 0.417 e. The fraction of sp³-hybridized carbons (Fsp3) is 0.0952. The first-order chi connectivity index (χ1) is 16.7. The molecule has 4 rings (SSSR count). The first-order valence-electron chi connectivity index (χ1n) is 9.89. The number of nitrogens with zero attached hydrogens (tertiary/aromatic N) is 4. The van der Waals surface area contributed by atoms with Crippen molar-refractivity contribution in [3.63, 3.8) is 0 Å². The van der Waals surface area contributed by atoms with Crippen LogP contribution in [-0.2, 0) is 11.0 Å². The molecule has 2 heterocycles. The third kappa shape index (κ3) is 5.31. The maximum atomic E-state index is 13.0. The molecule has 2 aromatic carbocycles. The number of aromatic nitrogens is 4. The average molecular weight is 505 g/mol. The number of anilines is 3. The summed E-state index contributed by atoms with van der Waals surface area (Å²) >= 11 is 5.59. The standard InChI is InChI=1S/C21H16ClF3N8O2/c22-15-6-3-12(7-14(15)21(23,24)25)31-20(35)30-11-1-4-13(5-2-11)33-10-29-17-18(32-16(34)8-26)27-9-28-19(17)33/h1-7,9-10H,8,26H2,(H2,30,31,35)(H,27,28,32,34). The molecular formula is C21H16ClF3N8O2. The van der Waals surface area contributed by atoms with Crippen molar-refractivity contribution in [3.05, 3.63) is 65.7 Å². The molecule has 0 aliphatic carbocycles. The van der Waals surface area contributed by atoms with E-state index in [0.717, 1.165) is 12.1 Å². The van der Waals surface area contributed by atoms with E-state index in [1.807, 2.05) is 0 Å². The molecule has 0 atom stereocenters. The van der Waals surface area contributed by atoms with Gasteiger partial charge in [-0.05, 0) is 42.5 Å². The van der Waals surface area contributed by atoms with Gasteiger partial charge < -0.3 is 21.7 Å². The van der Waals surface area contributed by atoms with E-state index in [2.05, 4.69) is 30.9 Å². The number of urea groups is 1. The smallest absolute Gasteiger partial charge is 0.322 e. The predicted octanol–water partition coefficient (Wildman–Crippen LogP) is 4.03. The highest BCUT2D eigenvalue weighted by Gasteiger charge is 2.33. The van der Waals surface area contributed by atoms with E-state index >= 15 is 0 Å². The second-order valence-electron chi connectivity index (χ2n) is 7.08. The van der Waals surface area contributed by atoms with Crippen LogP contribution in [0.2, 0.25) is 5.02 Å². The van der Waals surface area contributed by atoms with Gasteiger partial charge in [-0.2, -0.15) is 13.2 Å². The van der Waals surface area contributed by atoms with Crippen molar-refractivity contribution in [2.75, 3.05) is 22.5 Å². The Morgan fingerprint density at radius 3 is 2.34 bits per heavy atom. The topological polar surface area (TPSA) is 140 Å². The SMILES string of the molecule is NCC(=O)Nc1ncnc2c1ncn2-c1ccc(NC(=O)Nc2ccc(Cl)c(C(F)(F)F)c2)cc1. The van der Waals surface area contributed by atoms with Gasteiger partial charge in [0.15, 0.2) is 17.0 Å². The molecule has 0 aliphatic heterocycles. The fourth-order valence-corrected chi connectivity index (χ4v) is 3.34. The quantitative estimate of drug-likeness (QED) is 0.323. The van der Waals surface area contributed by atoms with Crippen LogP contribution in [0.3, 0.4) is 0 Å². The second kappa shape index (κ2) is 9.56. The van der Waals surface area contributed by atoms with Gasteiger partial charge in [-0.15, -0.1) is 0 Å². The molecule has 180 valence electrons. The molecule has 4 aromatic rings. The Bertz CT molecular complexity index is 1410. The van der Waals surface area contributed by atoms with Gasteiger partial charge in [-0.1, -0.05) is 11.6 Å². The summed E-state index contributed by atoms with van der Waals surface area (Å²) in [6.07, 6.45) is -1.89. The summed E-state index contributed by atoms with van der Waals surface area (Å²) in [5.74, 6) is -0.212. The molecule has 0 spiro atoms. The number of carbonyl (C=O) groups is 2. The number of fused-ring (bicyclic) bond motifs is 1. The van der Waals surface area contributed by atoms with Gasteiger partial charge >= 0.3 is 12.2 Å². The molecule has 3 amide bonds. The lowest BCUT2D eigenvalue weighted by atomic mass is 10.2. The highest BCUT2D eigenvalue weighted by molar-refractivity contribution is 6.31. The van der Waals surface area contributed by atoms with Crippen LogP contribution < -0.4 is 21.7 Å². The summed E-state index contributed by atoms with van der Waals surface area (Å²) in [7, 11) is 0. The molecular weight excluding hydrogens is 489 g/mol. The van der Waals surface area contributed by atoms with Crippen LogP contribution in [0.4, 0.5) is 35.2 Å². The number of imidazole rings is 1. The predicted molar refractivity (Wildman–Crippen MR) is 123 cm³/mol. The minimum absolute atomic E-state index is 0.0713. The number of alkyl halides is 3. The summed E-state index contributed by atoms with van der Waals surface area (Å²) in [5, 5.41) is 6.96. The molecule has 14 heteroatoms. The number of rotatable bonds is 5. The molecule has 10 nitrogen and oxygen atoms in total. The number of nitrogens with one attached hydrogen (secondary N) is 3. The van der Waals surface area contributed by atoms with Gasteiger partial charge in [-0.3, -0.25) is 9.36 Å². The van der Waals surface area contributed by atoms with E-state index in [-0.39, 0.29) is 18.1 Å². The maximum absolute atomic E-state index is 13.0. The van der Waals surface area contributed by atoms with Gasteiger partial charge in [0.05, 0.1) is 17.1 Å². The summed E-state index contributed by atoms with van der Waals surface area (Å²) in [6.45, 7) is -0.213. The minimum Gasteiger partial charge on any atom is -0.322 e. The molecule has 35 heavy (non-hydrogen) atoms. The molecule has 0 radical (unpaired) electrons. The van der Waals surface area contributed by atoms with Crippen molar-refractivity contribution in [1.29, 1.82) is 0 Å². The molecule has 0 saturated carbocycles. The van der Waals surface area contributed by atoms with Gasteiger partial charge in [0.1, 0.15) is 12.7 Å². The molecule has 0 aliphatic rings. The zero-order valence-electron chi connectivity index (χ0n) is 17.6. The van der Waals surface area contributed by atoms with Crippen molar-refractivity contribution < 1.29 is 22.8 Å². The summed E-state index contributed by atoms with van der Waals surface area (Å²) in [4.78, 5) is 36.3. The summed E-state index contributed by atoms with van der Waals surface area (Å²) in [6, 6.07) is 8.83. The van der Waals surface area contributed by atoms with Crippen LogP contribution in [0.5, 0.6) is 0 Å². The zero-order valence-corrected chi connectivity index (χ0v) is 18.4. The van der Waals surface area contributed by atoms with E-state index in [9.17, 15) is 22.8 Å². The third-order valence-corrected chi connectivity index (χ3v) is 5.04. The van der Waals surface area contributed by atoms with E-state index in [1.54, 1.807) is 28.8 Å². The van der Waals surface area contributed by atoms with Gasteiger partial charge in [0, 0.05) is 17.1 Å². The van der Waals surface area contributed by atoms with E-state index < -0.39 is 28.7 Å². The van der Waals surface area contributed by atoms with Crippen molar-refractivity contribution in [2.24, 2.45) is 5.73 Å². The summed E-state index contributed by atoms with van der Waals surface area (Å²) < 4.78 is 40.7. The lowest BCUT2D eigenvalue weighted by Crippen LogP contribution is -2.22. The van der Waals surface area contributed by atoms with Crippen LogP contribution >= 0.6 is 11.6 Å². The average Bonchev–Trinajstić information content (AvgIpc) is 3.25. The van der Waals surface area contributed by atoms with Crippen LogP contribution in [0.15, 0.2) is 55.1 Å². The lowest BCUT2D eigenvalue weighted by molar-refractivity contribution is -0.137. The molecule has 0 bridgehead atoms. The summed E-state index contributed by atoms with van der Waals surface area (Å²) in [5.41, 5.74) is 6.00. The van der Waals surface area contributed by atoms with Crippen molar-refractivity contribution in [2.45, 2.75) is 6.18 Å². The van der Waals surface area contributed by atoms with Gasteiger partial charge in [0.2, 0.25) is 5.91 Å². The number of hydrogen-bond donors (Lipinski definition) is 4. The monoisotopic (exact) mass is 504 g/mol. The van der Waals surface area contributed by atoms with Crippen molar-refractivity contribution in [1.82, 2.24) is 19.5 Å². The number of hydrogen-bond acceptors (Lipinski definition) is 6. The Hall–Kier alpha value is -4.23. The first kappa shape index (κ1) is 23.9. The second-order valence-corrected chi connectivity index (χ2v) is 7.49. The Labute approximate surface area is 200 Å². The molecule has 2 aromatic heterocycles. The lowest BCUT2D eigenvalue weighted by Gasteiger charge is -2.12. The number of carbonyl (C=O) groups excluding carboxylic acids is 2. The highest BCUT2D eigenvalue weighted by atomic mass is 35.5. The molecule has 0 saturated heterocycles. The highest BCUT2D eigenvalue weighted by Crippen LogP contribution is 2.36. The van der Waals surface area contributed by atoms with Crippen LogP contribution in [-0.4, -0.2) is 38.0 Å².